The van der Waals surface area contributed by atoms with Gasteiger partial charge in [0.05, 0.1) is 37.4 Å². The summed E-state index contributed by atoms with van der Waals surface area (Å²) in [5.74, 6) is 0.559. The maximum atomic E-state index is 9.58. The van der Waals surface area contributed by atoms with Gasteiger partial charge in [-0.05, 0) is 11.5 Å². The molecule has 2 heterocycles. The Labute approximate surface area is 108 Å². The molecule has 0 radical (unpaired) electrons. The van der Waals surface area contributed by atoms with E-state index in [1.165, 1.54) is 11.5 Å². The van der Waals surface area contributed by atoms with E-state index in [1.807, 2.05) is 0 Å². The molecule has 8 heteroatoms. The molecule has 0 aliphatic heterocycles. The van der Waals surface area contributed by atoms with Crippen LogP contribution in [0, 0.1) is 0 Å². The molecule has 0 aliphatic carbocycles. The highest BCUT2D eigenvalue weighted by atomic mass is 32.1. The molecule has 1 atom stereocenters. The van der Waals surface area contributed by atoms with Crippen LogP contribution in [0.15, 0.2) is 12.3 Å². The first-order valence-corrected chi connectivity index (χ1v) is 6.08. The van der Waals surface area contributed by atoms with Crippen molar-refractivity contribution >= 4 is 11.5 Å². The van der Waals surface area contributed by atoms with Gasteiger partial charge in [-0.15, -0.1) is 5.10 Å². The average molecular weight is 270 g/mol. The zero-order valence-corrected chi connectivity index (χ0v) is 10.9. The van der Waals surface area contributed by atoms with Crippen LogP contribution in [0.3, 0.4) is 0 Å². The second-order valence-electron chi connectivity index (χ2n) is 3.67. The quantitative estimate of drug-likeness (QED) is 0.819. The number of ether oxygens (including phenoxy) is 2. The van der Waals surface area contributed by atoms with E-state index in [9.17, 15) is 5.11 Å². The molecule has 0 unspecified atom stereocenters. The van der Waals surface area contributed by atoms with Crippen LogP contribution in [0.5, 0.6) is 5.88 Å². The maximum absolute atomic E-state index is 9.58. The van der Waals surface area contributed by atoms with E-state index < -0.39 is 6.10 Å². The first kappa shape index (κ1) is 12.9. The third kappa shape index (κ3) is 3.03. The van der Waals surface area contributed by atoms with E-state index >= 15 is 0 Å². The molecule has 0 amide bonds. The van der Waals surface area contributed by atoms with Crippen LogP contribution in [-0.4, -0.2) is 51.4 Å². The van der Waals surface area contributed by atoms with Crippen LogP contribution in [-0.2, 0) is 11.3 Å². The number of rotatable bonds is 6. The Hall–Kier alpha value is -1.51. The smallest absolute Gasteiger partial charge is 0.225 e. The lowest BCUT2D eigenvalue weighted by Gasteiger charge is -2.07. The Morgan fingerprint density at radius 1 is 1.50 bits per heavy atom. The van der Waals surface area contributed by atoms with E-state index in [-0.39, 0.29) is 6.61 Å². The molecule has 0 aromatic carbocycles. The Morgan fingerprint density at radius 3 is 3.00 bits per heavy atom. The van der Waals surface area contributed by atoms with Crippen molar-refractivity contribution in [3.8, 4) is 16.5 Å². The van der Waals surface area contributed by atoms with Crippen LogP contribution in [0.25, 0.3) is 10.6 Å². The van der Waals surface area contributed by atoms with Crippen LogP contribution >= 0.6 is 11.5 Å². The normalized spacial score (nSPS) is 12.6. The molecule has 18 heavy (non-hydrogen) atoms. The van der Waals surface area contributed by atoms with Crippen molar-refractivity contribution in [2.45, 2.75) is 12.6 Å². The van der Waals surface area contributed by atoms with Gasteiger partial charge in [-0.1, -0.05) is 5.21 Å². The molecule has 2 aromatic heterocycles. The summed E-state index contributed by atoms with van der Waals surface area (Å²) in [6.07, 6.45) is 1.16. The molecule has 0 saturated carbocycles. The molecule has 2 aromatic rings. The van der Waals surface area contributed by atoms with Crippen molar-refractivity contribution < 1.29 is 14.6 Å². The van der Waals surface area contributed by atoms with E-state index in [1.54, 1.807) is 31.2 Å². The number of aliphatic hydroxyl groups excluding tert-OH is 1. The van der Waals surface area contributed by atoms with E-state index in [2.05, 4.69) is 14.7 Å². The Bertz CT molecular complexity index is 499. The molecular formula is C10H14N4O3S. The van der Waals surface area contributed by atoms with Crippen LogP contribution < -0.4 is 4.74 Å². The second kappa shape index (κ2) is 5.89. The van der Waals surface area contributed by atoms with Gasteiger partial charge in [0.15, 0.2) is 0 Å². The van der Waals surface area contributed by atoms with Gasteiger partial charge >= 0.3 is 0 Å². The molecule has 0 aliphatic rings. The van der Waals surface area contributed by atoms with Gasteiger partial charge in [-0.2, -0.15) is 4.37 Å². The number of nitrogens with zero attached hydrogens (tertiary/aromatic N) is 4. The lowest BCUT2D eigenvalue weighted by molar-refractivity contribution is 0.0510. The van der Waals surface area contributed by atoms with Crippen molar-refractivity contribution in [2.75, 3.05) is 20.8 Å². The number of methoxy groups -OCH3 is 2. The Morgan fingerprint density at radius 2 is 2.33 bits per heavy atom. The Balaban J connectivity index is 2.05. The summed E-state index contributed by atoms with van der Waals surface area (Å²) in [7, 11) is 3.11. The number of aromatic nitrogens is 4. The molecule has 0 spiro atoms. The topological polar surface area (TPSA) is 82.3 Å². The highest BCUT2D eigenvalue weighted by Crippen LogP contribution is 2.25. The van der Waals surface area contributed by atoms with E-state index in [0.717, 1.165) is 4.88 Å². The minimum absolute atomic E-state index is 0.267. The fourth-order valence-electron chi connectivity index (χ4n) is 1.44. The minimum atomic E-state index is -0.597. The van der Waals surface area contributed by atoms with Crippen molar-refractivity contribution in [1.82, 2.24) is 19.4 Å². The fraction of sp³-hybridized carbons (Fsp3) is 0.500. The third-order valence-corrected chi connectivity index (χ3v) is 3.04. The molecule has 1 N–H and O–H groups in total. The van der Waals surface area contributed by atoms with Gasteiger partial charge in [-0.25, -0.2) is 4.68 Å². The molecule has 0 saturated heterocycles. The van der Waals surface area contributed by atoms with Gasteiger partial charge in [0, 0.05) is 13.2 Å². The molecule has 98 valence electrons. The van der Waals surface area contributed by atoms with Crippen molar-refractivity contribution in [2.24, 2.45) is 0 Å². The van der Waals surface area contributed by atoms with E-state index in [4.69, 9.17) is 9.47 Å². The first-order valence-electron chi connectivity index (χ1n) is 5.31. The lowest BCUT2D eigenvalue weighted by atomic mass is 10.3. The number of aliphatic hydroxyl groups is 1. The molecule has 0 bridgehead atoms. The van der Waals surface area contributed by atoms with Crippen LogP contribution in [0.2, 0.25) is 0 Å². The summed E-state index contributed by atoms with van der Waals surface area (Å²) in [6, 6.07) is 1.80. The summed E-state index contributed by atoms with van der Waals surface area (Å²) >= 11 is 1.29. The van der Waals surface area contributed by atoms with Gasteiger partial charge in [0.25, 0.3) is 0 Å². The standard InChI is InChI=1S/C10H14N4O3S/c1-16-6-7(15)4-14-5-8(11-13-14)9-3-10(17-2)12-18-9/h3,5,7,15H,4,6H2,1-2H3/t7-/m0/s1. The maximum Gasteiger partial charge on any atom is 0.225 e. The zero-order chi connectivity index (χ0) is 13.0. The summed E-state index contributed by atoms with van der Waals surface area (Å²) in [6.45, 7) is 0.611. The van der Waals surface area contributed by atoms with Crippen LogP contribution in [0.1, 0.15) is 0 Å². The highest BCUT2D eigenvalue weighted by molar-refractivity contribution is 7.09. The number of hydrogen-bond donors (Lipinski definition) is 1. The van der Waals surface area contributed by atoms with E-state index in [0.29, 0.717) is 18.1 Å². The minimum Gasteiger partial charge on any atom is -0.480 e. The Kier molecular flexibility index (Phi) is 4.24. The summed E-state index contributed by atoms with van der Waals surface area (Å²) < 4.78 is 15.5. The predicted molar refractivity (Wildman–Crippen MR) is 65.6 cm³/mol. The van der Waals surface area contributed by atoms with Crippen molar-refractivity contribution in [3.05, 3.63) is 12.3 Å². The third-order valence-electron chi connectivity index (χ3n) is 2.25. The van der Waals surface area contributed by atoms with Gasteiger partial charge in [0.2, 0.25) is 5.88 Å². The van der Waals surface area contributed by atoms with Gasteiger partial charge in [-0.3, -0.25) is 0 Å². The van der Waals surface area contributed by atoms with Crippen LogP contribution in [0.4, 0.5) is 0 Å². The largest absolute Gasteiger partial charge is 0.480 e. The predicted octanol–water partition coefficient (Wildman–Crippen LogP) is 0.417. The summed E-state index contributed by atoms with van der Waals surface area (Å²) in [4.78, 5) is 0.874. The second-order valence-corrected chi connectivity index (χ2v) is 4.47. The first-order chi connectivity index (χ1) is 8.72. The van der Waals surface area contributed by atoms with Crippen molar-refractivity contribution in [3.63, 3.8) is 0 Å². The summed E-state index contributed by atoms with van der Waals surface area (Å²) in [5.41, 5.74) is 0.709. The van der Waals surface area contributed by atoms with Crippen molar-refractivity contribution in [1.29, 1.82) is 0 Å². The monoisotopic (exact) mass is 270 g/mol. The average Bonchev–Trinajstić information content (AvgIpc) is 2.96. The number of hydrogen-bond acceptors (Lipinski definition) is 7. The highest BCUT2D eigenvalue weighted by Gasteiger charge is 2.11. The molecule has 0 fully saturated rings. The lowest BCUT2D eigenvalue weighted by Crippen LogP contribution is -2.21. The molecule has 7 nitrogen and oxygen atoms in total. The SMILES string of the molecule is COC[C@@H](O)Cn1cc(-c2cc(OC)ns2)nn1. The van der Waals surface area contributed by atoms with Gasteiger partial charge < -0.3 is 14.6 Å². The molecular weight excluding hydrogens is 256 g/mol. The summed E-state index contributed by atoms with van der Waals surface area (Å²) in [5, 5.41) is 17.5. The fourth-order valence-corrected chi connectivity index (χ4v) is 2.09. The zero-order valence-electron chi connectivity index (χ0n) is 10.1. The molecule has 2 rings (SSSR count). The van der Waals surface area contributed by atoms with Gasteiger partial charge in [0.1, 0.15) is 5.69 Å².